The van der Waals surface area contributed by atoms with E-state index >= 15 is 0 Å². The number of nitrogens with zero attached hydrogens (tertiary/aromatic N) is 1. The first kappa shape index (κ1) is 38.4. The van der Waals surface area contributed by atoms with Gasteiger partial charge in [0.2, 0.25) is 0 Å². The molecule has 3 atom stereocenters. The number of hydrogen-bond acceptors (Lipinski definition) is 8. The van der Waals surface area contributed by atoms with Crippen molar-refractivity contribution in [3.05, 3.63) is 123 Å². The molecule has 0 saturated carbocycles. The van der Waals surface area contributed by atoms with Gasteiger partial charge in [-0.15, -0.1) is 0 Å². The minimum atomic E-state index is -3.06. The van der Waals surface area contributed by atoms with Crippen molar-refractivity contribution in [2.75, 3.05) is 19.6 Å². The molecule has 3 aromatic carbocycles. The molecule has 7 rings (SSSR count). The first-order valence-corrected chi connectivity index (χ1v) is 18.4. The number of alkyl halides is 2. The van der Waals surface area contributed by atoms with E-state index in [4.69, 9.17) is 37.4 Å². The predicted molar refractivity (Wildman–Crippen MR) is 195 cm³/mol. The monoisotopic (exact) mass is 768 g/mol. The maximum absolute atomic E-state index is 13.6. The molecule has 13 heteroatoms. The number of aromatic amines is 1. The molecule has 2 bridgehead atoms. The van der Waals surface area contributed by atoms with E-state index in [1.54, 1.807) is 50.5 Å². The van der Waals surface area contributed by atoms with E-state index in [1.807, 2.05) is 30.3 Å². The molecule has 1 unspecified atom stereocenters. The molecule has 9 nitrogen and oxygen atoms in total. The van der Waals surface area contributed by atoms with E-state index in [9.17, 15) is 18.4 Å². The van der Waals surface area contributed by atoms with Crippen LogP contribution < -0.4 is 19.8 Å². The third kappa shape index (κ3) is 10.0. The molecule has 4 aromatic rings. The van der Waals surface area contributed by atoms with Crippen molar-refractivity contribution in [3.63, 3.8) is 0 Å². The Labute approximate surface area is 317 Å². The largest absolute Gasteiger partial charge is 0.487 e. The van der Waals surface area contributed by atoms with E-state index in [1.165, 1.54) is 18.2 Å². The number of nitrogens with one attached hydrogen (secondary N) is 2. The number of hydrogen-bond donors (Lipinski definition) is 1. The Hall–Kier alpha value is -4.29. The van der Waals surface area contributed by atoms with Gasteiger partial charge >= 0.3 is 18.6 Å². The third-order valence-electron chi connectivity index (χ3n) is 9.49. The minimum Gasteiger partial charge on any atom is -0.487 e. The standard InChI is InChI=1S/C40H41Cl2F2N3O6/c1-24(2)50-35-18-29(12-13-33(35)53-40(43)44)34(19-30-31(41)21-45-22-32(30)42)51-38(48)28-10-8-25(9-11-28)20-46-37(27-6-4-3-5-7-27)39(49)52-36-23-47-16-14-26(36)15-17-47/h3-13,18,21-22,24,26,34,36-37,40,46H,14-17,19-20,23H2,1-2H3/p+1/t34-,36-,37?/m0/s1. The number of esters is 2. The Kier molecular flexibility index (Phi) is 12.8. The molecular weight excluding hydrogens is 727 g/mol. The molecule has 0 spiro atoms. The van der Waals surface area contributed by atoms with Crippen LogP contribution in [0, 0.1) is 5.92 Å². The lowest BCUT2D eigenvalue weighted by molar-refractivity contribution is -0.377. The Morgan fingerprint density at radius 1 is 0.906 bits per heavy atom. The molecule has 280 valence electrons. The molecule has 2 N–H and O–H groups in total. The number of carbonyl (C=O) groups is 2. The summed E-state index contributed by atoms with van der Waals surface area (Å²) in [5, 5.41) is 4.01. The van der Waals surface area contributed by atoms with Crippen LogP contribution in [0.15, 0.2) is 85.2 Å². The number of rotatable bonds is 15. The molecule has 0 radical (unpaired) electrons. The van der Waals surface area contributed by atoms with Crippen molar-refractivity contribution < 1.29 is 42.3 Å². The normalized spacial score (nSPS) is 19.1. The predicted octanol–water partition coefficient (Wildman–Crippen LogP) is 7.81. The lowest BCUT2D eigenvalue weighted by Gasteiger charge is -2.44. The maximum Gasteiger partial charge on any atom is 0.387 e. The molecule has 0 aliphatic carbocycles. The number of halogens is 4. The Balaban J connectivity index is 1.17. The Morgan fingerprint density at radius 3 is 2.23 bits per heavy atom. The van der Waals surface area contributed by atoms with Gasteiger partial charge in [0, 0.05) is 25.1 Å². The van der Waals surface area contributed by atoms with Crippen molar-refractivity contribution in [1.82, 2.24) is 10.2 Å². The molecule has 0 amide bonds. The average molecular weight is 770 g/mol. The van der Waals surface area contributed by atoms with Crippen LogP contribution in [0.1, 0.15) is 71.4 Å². The number of H-pyrrole nitrogens is 1. The fraction of sp³-hybridized carbons (Fsp3) is 0.375. The zero-order valence-electron chi connectivity index (χ0n) is 29.4. The van der Waals surface area contributed by atoms with Crippen LogP contribution in [0.2, 0.25) is 10.0 Å². The van der Waals surface area contributed by atoms with Gasteiger partial charge in [-0.1, -0.05) is 71.7 Å². The van der Waals surface area contributed by atoms with Crippen LogP contribution in [-0.4, -0.2) is 55.3 Å². The molecule has 3 aliphatic rings. The second-order valence-corrected chi connectivity index (χ2v) is 14.3. The highest BCUT2D eigenvalue weighted by Gasteiger charge is 2.38. The maximum atomic E-state index is 13.6. The lowest BCUT2D eigenvalue weighted by Crippen LogP contribution is -2.52. The number of piperidine rings is 3. The highest BCUT2D eigenvalue weighted by Crippen LogP contribution is 2.37. The summed E-state index contributed by atoms with van der Waals surface area (Å²) in [5.74, 6) is -0.642. The first-order valence-electron chi connectivity index (χ1n) is 17.6. The van der Waals surface area contributed by atoms with Gasteiger partial charge in [-0.3, -0.25) is 10.2 Å². The van der Waals surface area contributed by atoms with Crippen LogP contribution in [0.25, 0.3) is 0 Å². The van der Waals surface area contributed by atoms with E-state index in [0.29, 0.717) is 33.6 Å². The number of ether oxygens (including phenoxy) is 4. The van der Waals surface area contributed by atoms with E-state index in [0.717, 1.165) is 43.6 Å². The van der Waals surface area contributed by atoms with Crippen molar-refractivity contribution >= 4 is 35.1 Å². The highest BCUT2D eigenvalue weighted by molar-refractivity contribution is 6.35. The summed E-state index contributed by atoms with van der Waals surface area (Å²) < 4.78 is 48.9. The summed E-state index contributed by atoms with van der Waals surface area (Å²) >= 11 is 12.9. The van der Waals surface area contributed by atoms with Gasteiger partial charge in [0.25, 0.3) is 0 Å². The minimum absolute atomic E-state index is 0.0655. The number of carbonyl (C=O) groups excluding carboxylic acids is 2. The van der Waals surface area contributed by atoms with E-state index in [-0.39, 0.29) is 41.7 Å². The van der Waals surface area contributed by atoms with Crippen molar-refractivity contribution in [2.45, 2.75) is 70.6 Å². The fourth-order valence-corrected chi connectivity index (χ4v) is 7.30. The fourth-order valence-electron chi connectivity index (χ4n) is 6.77. The second kappa shape index (κ2) is 17.7. The van der Waals surface area contributed by atoms with Gasteiger partial charge in [-0.2, -0.15) is 8.78 Å². The van der Waals surface area contributed by atoms with Crippen LogP contribution in [0.5, 0.6) is 11.5 Å². The smallest absolute Gasteiger partial charge is 0.387 e. The van der Waals surface area contributed by atoms with Gasteiger partial charge < -0.3 is 18.9 Å². The zero-order chi connectivity index (χ0) is 37.5. The highest BCUT2D eigenvalue weighted by atomic mass is 35.5. The zero-order valence-corrected chi connectivity index (χ0v) is 30.9. The molecule has 3 saturated heterocycles. The van der Waals surface area contributed by atoms with Gasteiger partial charge in [0.05, 0.1) is 11.7 Å². The molecule has 53 heavy (non-hydrogen) atoms. The Morgan fingerprint density at radius 2 is 1.60 bits per heavy atom. The van der Waals surface area contributed by atoms with Crippen LogP contribution in [0.4, 0.5) is 8.78 Å². The first-order chi connectivity index (χ1) is 25.5. The molecular formula is C40H42Cl2F2N3O6+. The van der Waals surface area contributed by atoms with E-state index in [2.05, 4.69) is 19.9 Å². The summed E-state index contributed by atoms with van der Waals surface area (Å²) in [6, 6.07) is 20.0. The molecule has 1 aromatic heterocycles. The van der Waals surface area contributed by atoms with Crippen LogP contribution in [-0.2, 0) is 27.2 Å². The Bertz CT molecular complexity index is 1840. The number of fused-ring (bicyclic) bond motifs is 3. The quantitative estimate of drug-likeness (QED) is 0.122. The summed E-state index contributed by atoms with van der Waals surface area (Å²) in [4.78, 5) is 32.4. The van der Waals surface area contributed by atoms with Crippen molar-refractivity contribution in [2.24, 2.45) is 5.92 Å². The summed E-state index contributed by atoms with van der Waals surface area (Å²) in [6.07, 6.45) is 3.86. The van der Waals surface area contributed by atoms with Gasteiger partial charge in [0.1, 0.15) is 28.3 Å². The lowest BCUT2D eigenvalue weighted by atomic mass is 9.86. The summed E-state index contributed by atoms with van der Waals surface area (Å²) in [7, 11) is 0. The number of benzene rings is 3. The number of pyridine rings is 1. The summed E-state index contributed by atoms with van der Waals surface area (Å²) in [5.41, 5.74) is 2.88. The number of aromatic nitrogens is 1. The third-order valence-corrected chi connectivity index (χ3v) is 10.2. The second-order valence-electron chi connectivity index (χ2n) is 13.5. The SMILES string of the molecule is CC(C)Oc1cc([C@H](Cc2c(Cl)c[nH+]cc2Cl)OC(=O)c2ccc(CNC(C(=O)O[C@H]3CN4CCC3CC4)c3ccccc3)cc2)ccc1OC(F)F. The van der Waals surface area contributed by atoms with Crippen molar-refractivity contribution in [3.8, 4) is 11.5 Å². The summed E-state index contributed by atoms with van der Waals surface area (Å²) in [6.45, 7) is 3.65. The topological polar surface area (TPSA) is 100 Å². The van der Waals surface area contributed by atoms with Gasteiger partial charge in [0.15, 0.2) is 23.9 Å². The van der Waals surface area contributed by atoms with Crippen LogP contribution in [0.3, 0.4) is 0 Å². The van der Waals surface area contributed by atoms with Gasteiger partial charge in [-0.05, 0) is 86.7 Å². The molecule has 3 aliphatic heterocycles. The molecule has 4 heterocycles. The average Bonchev–Trinajstić information content (AvgIpc) is 3.14. The van der Waals surface area contributed by atoms with Crippen molar-refractivity contribution in [1.29, 1.82) is 0 Å². The van der Waals surface area contributed by atoms with Gasteiger partial charge in [-0.25, -0.2) is 14.6 Å². The molecule has 3 fully saturated rings. The van der Waals surface area contributed by atoms with E-state index < -0.39 is 24.7 Å². The van der Waals surface area contributed by atoms with Crippen LogP contribution >= 0.6 is 23.2 Å².